The van der Waals surface area contributed by atoms with Crippen LogP contribution in [0.1, 0.15) is 23.6 Å². The third-order valence-corrected chi connectivity index (χ3v) is 3.31. The molecule has 4 heteroatoms. The molecule has 0 aliphatic heterocycles. The first-order chi connectivity index (χ1) is 6.90. The highest BCUT2D eigenvalue weighted by molar-refractivity contribution is 7.85. The van der Waals surface area contributed by atoms with Gasteiger partial charge in [0, 0.05) is 0 Å². The first-order valence-corrected chi connectivity index (χ1v) is 6.07. The molecule has 82 valence electrons. The lowest BCUT2D eigenvalue weighted by Gasteiger charge is -2.08. The largest absolute Gasteiger partial charge is 0.294 e. The number of rotatable bonds is 3. The van der Waals surface area contributed by atoms with Gasteiger partial charge in [-0.3, -0.25) is 4.55 Å². The van der Waals surface area contributed by atoms with E-state index in [1.54, 1.807) is 19.1 Å². The maximum Gasteiger partial charge on any atom is 0.294 e. The Labute approximate surface area is 90.2 Å². The molecule has 0 fully saturated rings. The van der Waals surface area contributed by atoms with E-state index in [1.165, 1.54) is 6.07 Å². The molecule has 0 saturated heterocycles. The fourth-order valence-corrected chi connectivity index (χ4v) is 2.28. The quantitative estimate of drug-likeness (QED) is 0.805. The number of hydrogen-bond acceptors (Lipinski definition) is 2. The van der Waals surface area contributed by atoms with E-state index in [2.05, 4.69) is 6.58 Å². The predicted octanol–water partition coefficient (Wildman–Crippen LogP) is 2.45. The van der Waals surface area contributed by atoms with E-state index in [0.29, 0.717) is 5.56 Å². The van der Waals surface area contributed by atoms with Crippen LogP contribution in [0, 0.1) is 6.92 Å². The van der Waals surface area contributed by atoms with Gasteiger partial charge in [-0.2, -0.15) is 8.42 Å². The summed E-state index contributed by atoms with van der Waals surface area (Å²) in [4.78, 5) is -0.0467. The summed E-state index contributed by atoms with van der Waals surface area (Å²) in [6.45, 7) is 7.26. The van der Waals surface area contributed by atoms with Crippen LogP contribution in [0.4, 0.5) is 0 Å². The Morgan fingerprint density at radius 2 is 2.07 bits per heavy atom. The fraction of sp³-hybridized carbons (Fsp3) is 0.273. The van der Waals surface area contributed by atoms with Crippen molar-refractivity contribution in [3.63, 3.8) is 0 Å². The van der Waals surface area contributed by atoms with Crippen molar-refractivity contribution in [2.75, 3.05) is 0 Å². The van der Waals surface area contributed by atoms with Gasteiger partial charge in [-0.15, -0.1) is 0 Å². The van der Waals surface area contributed by atoms with E-state index in [1.807, 2.05) is 6.92 Å². The van der Waals surface area contributed by atoms with Crippen molar-refractivity contribution in [3.05, 3.63) is 35.4 Å². The summed E-state index contributed by atoms with van der Waals surface area (Å²) < 4.78 is 31.1. The molecule has 1 N–H and O–H groups in total. The van der Waals surface area contributed by atoms with Gasteiger partial charge in [0.15, 0.2) is 0 Å². The van der Waals surface area contributed by atoms with Gasteiger partial charge in [0.1, 0.15) is 0 Å². The molecule has 0 spiro atoms. The maximum atomic E-state index is 11.0. The molecular weight excluding hydrogens is 212 g/mol. The standard InChI is InChI=1S/C11H14O3S/c1-4-9-6-8(3)11(15(12,13)14)7-10(9)5-2/h5-7H,2,4H2,1,3H3,(H,12,13,14). The van der Waals surface area contributed by atoms with Gasteiger partial charge in [-0.25, -0.2) is 0 Å². The van der Waals surface area contributed by atoms with E-state index >= 15 is 0 Å². The van der Waals surface area contributed by atoms with Gasteiger partial charge < -0.3 is 0 Å². The van der Waals surface area contributed by atoms with Crippen molar-refractivity contribution in [1.29, 1.82) is 0 Å². The highest BCUT2D eigenvalue weighted by atomic mass is 32.2. The first-order valence-electron chi connectivity index (χ1n) is 4.63. The summed E-state index contributed by atoms with van der Waals surface area (Å²) >= 11 is 0. The van der Waals surface area contributed by atoms with Crippen LogP contribution in [0.2, 0.25) is 0 Å². The van der Waals surface area contributed by atoms with Crippen LogP contribution in [0.15, 0.2) is 23.6 Å². The fourth-order valence-electron chi connectivity index (χ4n) is 1.54. The molecule has 1 aromatic rings. The molecule has 3 nitrogen and oxygen atoms in total. The lowest BCUT2D eigenvalue weighted by molar-refractivity contribution is 0.482. The second-order valence-corrected chi connectivity index (χ2v) is 4.74. The lowest BCUT2D eigenvalue weighted by Crippen LogP contribution is -2.03. The third kappa shape index (κ3) is 2.46. The molecule has 0 heterocycles. The molecule has 0 saturated carbocycles. The molecule has 0 unspecified atom stereocenters. The lowest BCUT2D eigenvalue weighted by atomic mass is 10.0. The molecule has 0 amide bonds. The van der Waals surface area contributed by atoms with Gasteiger partial charge in [0.05, 0.1) is 4.90 Å². The zero-order chi connectivity index (χ0) is 11.6. The Morgan fingerprint density at radius 1 is 1.47 bits per heavy atom. The molecule has 15 heavy (non-hydrogen) atoms. The maximum absolute atomic E-state index is 11.0. The molecule has 0 radical (unpaired) electrons. The molecule has 1 rings (SSSR count). The smallest absolute Gasteiger partial charge is 0.282 e. The van der Waals surface area contributed by atoms with Crippen molar-refractivity contribution in [2.24, 2.45) is 0 Å². The molecule has 0 bridgehead atoms. The van der Waals surface area contributed by atoms with E-state index in [-0.39, 0.29) is 4.90 Å². The Kier molecular flexibility index (Phi) is 3.31. The summed E-state index contributed by atoms with van der Waals surface area (Å²) in [6, 6.07) is 3.22. The van der Waals surface area contributed by atoms with E-state index in [4.69, 9.17) is 4.55 Å². The van der Waals surface area contributed by atoms with Gasteiger partial charge >= 0.3 is 0 Å². The van der Waals surface area contributed by atoms with Gasteiger partial charge in [0.25, 0.3) is 10.1 Å². The van der Waals surface area contributed by atoms with Crippen LogP contribution < -0.4 is 0 Å². The normalized spacial score (nSPS) is 11.4. The minimum atomic E-state index is -4.14. The number of aryl methyl sites for hydroxylation is 2. The van der Waals surface area contributed by atoms with Crippen molar-refractivity contribution in [1.82, 2.24) is 0 Å². The van der Waals surface area contributed by atoms with Gasteiger partial charge in [-0.1, -0.05) is 25.6 Å². The average molecular weight is 226 g/mol. The van der Waals surface area contributed by atoms with E-state index in [9.17, 15) is 8.42 Å². The van der Waals surface area contributed by atoms with E-state index < -0.39 is 10.1 Å². The molecule has 0 aromatic heterocycles. The van der Waals surface area contributed by atoms with Crippen LogP contribution in [-0.4, -0.2) is 13.0 Å². The SMILES string of the molecule is C=Cc1cc(S(=O)(=O)O)c(C)cc1CC. The minimum Gasteiger partial charge on any atom is -0.282 e. The highest BCUT2D eigenvalue weighted by Gasteiger charge is 2.14. The Hall–Kier alpha value is -1.13. The van der Waals surface area contributed by atoms with Crippen LogP contribution >= 0.6 is 0 Å². The monoisotopic (exact) mass is 226 g/mol. The van der Waals surface area contributed by atoms with Crippen molar-refractivity contribution < 1.29 is 13.0 Å². The van der Waals surface area contributed by atoms with Crippen molar-refractivity contribution >= 4 is 16.2 Å². The Balaban J connectivity index is 3.53. The van der Waals surface area contributed by atoms with Gasteiger partial charge in [-0.05, 0) is 36.1 Å². The van der Waals surface area contributed by atoms with Crippen LogP contribution in [-0.2, 0) is 16.5 Å². The molecule has 1 aromatic carbocycles. The molecule has 0 aliphatic carbocycles. The summed E-state index contributed by atoms with van der Waals surface area (Å²) in [5.41, 5.74) is 2.32. The molecule has 0 aliphatic rings. The van der Waals surface area contributed by atoms with E-state index in [0.717, 1.165) is 17.5 Å². The average Bonchev–Trinajstić information content (AvgIpc) is 2.15. The first kappa shape index (κ1) is 11.9. The van der Waals surface area contributed by atoms with Crippen molar-refractivity contribution in [2.45, 2.75) is 25.2 Å². The summed E-state index contributed by atoms with van der Waals surface area (Å²) in [5, 5.41) is 0. The van der Waals surface area contributed by atoms with Crippen molar-refractivity contribution in [3.8, 4) is 0 Å². The topological polar surface area (TPSA) is 54.4 Å². The predicted molar refractivity (Wildman–Crippen MR) is 60.5 cm³/mol. The second-order valence-electron chi connectivity index (χ2n) is 3.35. The summed E-state index contributed by atoms with van der Waals surface area (Å²) in [7, 11) is -4.14. The second kappa shape index (κ2) is 4.16. The van der Waals surface area contributed by atoms with Crippen LogP contribution in [0.5, 0.6) is 0 Å². The van der Waals surface area contributed by atoms with Crippen LogP contribution in [0.25, 0.3) is 6.08 Å². The highest BCUT2D eigenvalue weighted by Crippen LogP contribution is 2.21. The van der Waals surface area contributed by atoms with Gasteiger partial charge in [0.2, 0.25) is 0 Å². The zero-order valence-electron chi connectivity index (χ0n) is 8.82. The number of hydrogen-bond donors (Lipinski definition) is 1. The Morgan fingerprint density at radius 3 is 2.47 bits per heavy atom. The zero-order valence-corrected chi connectivity index (χ0v) is 9.63. The van der Waals surface area contributed by atoms with Crippen LogP contribution in [0.3, 0.4) is 0 Å². The number of benzene rings is 1. The Bertz CT molecular complexity index is 487. The minimum absolute atomic E-state index is 0.0467. The molecule has 0 atom stereocenters. The summed E-state index contributed by atoms with van der Waals surface area (Å²) in [5.74, 6) is 0. The summed E-state index contributed by atoms with van der Waals surface area (Å²) in [6.07, 6.45) is 2.39. The molecular formula is C11H14O3S. The third-order valence-electron chi connectivity index (χ3n) is 2.32.